The van der Waals surface area contributed by atoms with E-state index in [1.807, 2.05) is 30.3 Å². The van der Waals surface area contributed by atoms with E-state index in [0.717, 1.165) is 0 Å². The van der Waals surface area contributed by atoms with Crippen molar-refractivity contribution in [3.63, 3.8) is 0 Å². The fraction of sp³-hybridized carbons (Fsp3) is 0.0909. The smallest absolute Gasteiger partial charge is 0.178 e. The van der Waals surface area contributed by atoms with Gasteiger partial charge in [0.05, 0.1) is 0 Å². The van der Waals surface area contributed by atoms with Gasteiger partial charge in [0.25, 0.3) is 0 Å². The summed E-state index contributed by atoms with van der Waals surface area (Å²) < 4.78 is 0. The SMILES string of the molecule is OC(O)c1ccccccccc1. The number of aliphatic hydroxyl groups is 2. The second-order valence-corrected chi connectivity index (χ2v) is 2.55. The summed E-state index contributed by atoms with van der Waals surface area (Å²) in [5.41, 5.74) is 0.469. The molecule has 0 aliphatic heterocycles. The lowest BCUT2D eigenvalue weighted by atomic mass is 10.2. The number of hydrogen-bond donors (Lipinski definition) is 2. The van der Waals surface area contributed by atoms with Gasteiger partial charge in [0.2, 0.25) is 0 Å². The zero-order valence-corrected chi connectivity index (χ0v) is 7.17. The van der Waals surface area contributed by atoms with E-state index >= 15 is 0 Å². The topological polar surface area (TPSA) is 40.5 Å². The third-order valence-electron chi connectivity index (χ3n) is 1.54. The molecule has 68 valence electrons. The maximum Gasteiger partial charge on any atom is 0.178 e. The Bertz CT molecular complexity index is 282. The zero-order chi connectivity index (χ0) is 9.52. The summed E-state index contributed by atoms with van der Waals surface area (Å²) in [7, 11) is 0. The summed E-state index contributed by atoms with van der Waals surface area (Å²) in [5, 5.41) is 17.8. The Morgan fingerprint density at radius 3 is 1.46 bits per heavy atom. The van der Waals surface area contributed by atoms with Crippen LogP contribution in [-0.2, 0) is 0 Å². The van der Waals surface area contributed by atoms with Crippen LogP contribution in [0.5, 0.6) is 0 Å². The first kappa shape index (κ1) is 9.71. The lowest BCUT2D eigenvalue weighted by molar-refractivity contribution is -0.0424. The second kappa shape index (κ2) is 5.30. The Morgan fingerprint density at radius 1 is 0.692 bits per heavy atom. The molecule has 0 spiro atoms. The molecule has 0 fully saturated rings. The fourth-order valence-corrected chi connectivity index (χ4v) is 0.882. The molecule has 0 saturated carbocycles. The van der Waals surface area contributed by atoms with Crippen LogP contribution in [0.2, 0.25) is 0 Å². The molecule has 0 saturated heterocycles. The molecule has 2 heteroatoms. The highest BCUT2D eigenvalue weighted by Crippen LogP contribution is 2.04. The highest BCUT2D eigenvalue weighted by Gasteiger charge is 1.96. The van der Waals surface area contributed by atoms with Crippen LogP contribution in [0, 0.1) is 0 Å². The van der Waals surface area contributed by atoms with Gasteiger partial charge in [-0.2, -0.15) is 0 Å². The van der Waals surface area contributed by atoms with Gasteiger partial charge in [-0.3, -0.25) is 0 Å². The molecule has 0 bridgehead atoms. The molecule has 0 radical (unpaired) electrons. The van der Waals surface area contributed by atoms with E-state index in [4.69, 9.17) is 10.2 Å². The Kier molecular flexibility index (Phi) is 3.96. The van der Waals surface area contributed by atoms with E-state index in [0.29, 0.717) is 5.56 Å². The van der Waals surface area contributed by atoms with Crippen LogP contribution in [0.1, 0.15) is 11.9 Å². The monoisotopic (exact) mass is 176 g/mol. The van der Waals surface area contributed by atoms with Crippen molar-refractivity contribution in [3.05, 3.63) is 60.2 Å². The molecular weight excluding hydrogens is 164 g/mol. The van der Waals surface area contributed by atoms with Gasteiger partial charge in [-0.25, -0.2) is 0 Å². The lowest BCUT2D eigenvalue weighted by Gasteiger charge is -1.98. The predicted octanol–water partition coefficient (Wildman–Crippen LogP) is 1.79. The third kappa shape index (κ3) is 3.69. The summed E-state index contributed by atoms with van der Waals surface area (Å²) in [6.07, 6.45) is -1.42. The Labute approximate surface area is 77.4 Å². The van der Waals surface area contributed by atoms with Gasteiger partial charge < -0.3 is 10.2 Å². The molecule has 13 heavy (non-hydrogen) atoms. The van der Waals surface area contributed by atoms with Crippen molar-refractivity contribution in [3.8, 4) is 0 Å². The van der Waals surface area contributed by atoms with Gasteiger partial charge in [-0.15, -0.1) is 0 Å². The molecule has 1 aromatic rings. The van der Waals surface area contributed by atoms with Crippen molar-refractivity contribution in [1.82, 2.24) is 0 Å². The minimum atomic E-state index is -1.42. The molecule has 0 amide bonds. The van der Waals surface area contributed by atoms with Gasteiger partial charge in [0.1, 0.15) is 0 Å². The average molecular weight is 176 g/mol. The standard InChI is InChI=1S/C11H12O2/c12-11(13)10-8-6-4-2-1-3-5-7-9-10/h1-9,11-13H. The molecule has 0 atom stereocenters. The van der Waals surface area contributed by atoms with E-state index in [-0.39, 0.29) is 0 Å². The van der Waals surface area contributed by atoms with Crippen LogP contribution in [0.3, 0.4) is 0 Å². The van der Waals surface area contributed by atoms with Gasteiger partial charge in [-0.1, -0.05) is 54.6 Å². The van der Waals surface area contributed by atoms with Gasteiger partial charge >= 0.3 is 0 Å². The minimum Gasteiger partial charge on any atom is -0.364 e. The predicted molar refractivity (Wildman–Crippen MR) is 51.2 cm³/mol. The van der Waals surface area contributed by atoms with E-state index in [2.05, 4.69) is 0 Å². The van der Waals surface area contributed by atoms with Crippen molar-refractivity contribution < 1.29 is 10.2 Å². The fourth-order valence-electron chi connectivity index (χ4n) is 0.882. The van der Waals surface area contributed by atoms with Crippen molar-refractivity contribution in [2.24, 2.45) is 0 Å². The van der Waals surface area contributed by atoms with Crippen molar-refractivity contribution >= 4 is 0 Å². The first-order valence-electron chi connectivity index (χ1n) is 4.05. The van der Waals surface area contributed by atoms with E-state index in [9.17, 15) is 0 Å². The normalized spacial score (nSPS) is 9.46. The molecule has 0 aromatic heterocycles. The molecule has 1 rings (SSSR count). The van der Waals surface area contributed by atoms with E-state index in [1.54, 1.807) is 24.3 Å². The lowest BCUT2D eigenvalue weighted by Crippen LogP contribution is -1.91. The highest BCUT2D eigenvalue weighted by molar-refractivity contribution is 5.12. The Morgan fingerprint density at radius 2 is 1.08 bits per heavy atom. The van der Waals surface area contributed by atoms with Crippen molar-refractivity contribution in [2.75, 3.05) is 0 Å². The van der Waals surface area contributed by atoms with Crippen molar-refractivity contribution in [1.29, 1.82) is 0 Å². The summed E-state index contributed by atoms with van der Waals surface area (Å²) in [4.78, 5) is 0. The van der Waals surface area contributed by atoms with Gasteiger partial charge in [0, 0.05) is 5.56 Å². The van der Waals surface area contributed by atoms with Crippen LogP contribution >= 0.6 is 0 Å². The first-order valence-corrected chi connectivity index (χ1v) is 4.05. The highest BCUT2D eigenvalue weighted by atomic mass is 16.5. The van der Waals surface area contributed by atoms with Crippen LogP contribution in [0.15, 0.2) is 54.6 Å². The van der Waals surface area contributed by atoms with Crippen LogP contribution in [0.25, 0.3) is 0 Å². The Balaban J connectivity index is 3.11. The van der Waals surface area contributed by atoms with Crippen LogP contribution in [0.4, 0.5) is 0 Å². The average Bonchev–Trinajstić information content (AvgIpc) is 2.14. The molecule has 2 nitrogen and oxygen atoms in total. The quantitative estimate of drug-likeness (QED) is 0.640. The summed E-state index contributed by atoms with van der Waals surface area (Å²) in [6.45, 7) is 0. The molecule has 1 aromatic carbocycles. The van der Waals surface area contributed by atoms with Crippen LogP contribution in [-0.4, -0.2) is 10.2 Å². The first-order chi connectivity index (χ1) is 6.30. The summed E-state index contributed by atoms with van der Waals surface area (Å²) in [5.74, 6) is 0. The third-order valence-corrected chi connectivity index (χ3v) is 1.54. The van der Waals surface area contributed by atoms with Gasteiger partial charge in [-0.05, 0) is 0 Å². The van der Waals surface area contributed by atoms with Gasteiger partial charge in [0.15, 0.2) is 6.29 Å². The summed E-state index contributed by atoms with van der Waals surface area (Å²) >= 11 is 0. The molecular formula is C11H12O2. The van der Waals surface area contributed by atoms with Crippen molar-refractivity contribution in [2.45, 2.75) is 6.29 Å². The zero-order valence-electron chi connectivity index (χ0n) is 7.17. The molecule has 0 heterocycles. The maximum atomic E-state index is 8.92. The number of hydrogen-bond acceptors (Lipinski definition) is 2. The summed E-state index contributed by atoms with van der Waals surface area (Å²) in [6, 6.07) is 16.1. The molecule has 0 unspecified atom stereocenters. The molecule has 0 aliphatic rings. The molecule has 0 aliphatic carbocycles. The number of rotatable bonds is 1. The second-order valence-electron chi connectivity index (χ2n) is 2.55. The Hall–Kier alpha value is -1.38. The maximum absolute atomic E-state index is 8.92. The van der Waals surface area contributed by atoms with E-state index < -0.39 is 6.29 Å². The number of aliphatic hydroxyl groups excluding tert-OH is 1. The largest absolute Gasteiger partial charge is 0.364 e. The molecule has 2 N–H and O–H groups in total. The minimum absolute atomic E-state index is 0.469. The van der Waals surface area contributed by atoms with Crippen LogP contribution < -0.4 is 0 Å². The van der Waals surface area contributed by atoms with E-state index in [1.165, 1.54) is 0 Å².